The third-order valence-corrected chi connectivity index (χ3v) is 2.27. The second kappa shape index (κ2) is 4.41. The van der Waals surface area contributed by atoms with Gasteiger partial charge in [-0.3, -0.25) is 0 Å². The topological polar surface area (TPSA) is 37.8 Å². The third kappa shape index (κ3) is 2.24. The summed E-state index contributed by atoms with van der Waals surface area (Å²) in [6.45, 7) is 6.12. The largest absolute Gasteiger partial charge is 0.312 e. The van der Waals surface area contributed by atoms with Crippen LogP contribution in [0, 0.1) is 0 Å². The van der Waals surface area contributed by atoms with Crippen molar-refractivity contribution < 1.29 is 0 Å². The Hall–Kier alpha value is -0.480. The molecule has 11 heavy (non-hydrogen) atoms. The van der Waals surface area contributed by atoms with Crippen molar-refractivity contribution in [2.45, 2.75) is 26.8 Å². The summed E-state index contributed by atoms with van der Waals surface area (Å²) in [6, 6.07) is 0. The smallest absolute Gasteiger partial charge is 0.0797 e. The maximum Gasteiger partial charge on any atom is 0.0797 e. The average Bonchev–Trinajstić information content (AvgIpc) is 2.47. The predicted octanol–water partition coefficient (Wildman–Crippen LogP) is 1.21. The monoisotopic (exact) mass is 171 g/mol. The molecule has 1 aromatic heterocycles. The van der Waals surface area contributed by atoms with E-state index in [2.05, 4.69) is 28.8 Å². The van der Waals surface area contributed by atoms with Crippen LogP contribution < -0.4 is 5.32 Å². The van der Waals surface area contributed by atoms with E-state index in [0.29, 0.717) is 0 Å². The molecule has 0 aliphatic rings. The molecular formula is C7H13N3S. The first-order valence-corrected chi connectivity index (χ1v) is 4.66. The number of nitrogens with one attached hydrogen (secondary N) is 1. The summed E-state index contributed by atoms with van der Waals surface area (Å²) < 4.78 is 3.90. The van der Waals surface area contributed by atoms with Crippen molar-refractivity contribution in [1.82, 2.24) is 14.9 Å². The van der Waals surface area contributed by atoms with Crippen molar-refractivity contribution >= 4 is 11.5 Å². The van der Waals surface area contributed by atoms with E-state index in [9.17, 15) is 0 Å². The molecule has 1 heterocycles. The molecule has 0 saturated carbocycles. The molecule has 0 spiro atoms. The molecule has 0 bridgehead atoms. The molecule has 1 aromatic rings. The fourth-order valence-corrected chi connectivity index (χ4v) is 1.56. The second-order valence-corrected chi connectivity index (χ2v) is 3.12. The van der Waals surface area contributed by atoms with Gasteiger partial charge >= 0.3 is 0 Å². The average molecular weight is 171 g/mol. The second-order valence-electron chi connectivity index (χ2n) is 2.28. The Bertz CT molecular complexity index is 209. The van der Waals surface area contributed by atoms with Crippen LogP contribution in [0.4, 0.5) is 0 Å². The lowest BCUT2D eigenvalue weighted by atomic mass is 10.3. The first-order chi connectivity index (χ1) is 5.38. The van der Waals surface area contributed by atoms with Gasteiger partial charge in [-0.2, -0.15) is 0 Å². The zero-order chi connectivity index (χ0) is 8.10. The summed E-state index contributed by atoms with van der Waals surface area (Å²) >= 11 is 1.49. The van der Waals surface area contributed by atoms with E-state index in [0.717, 1.165) is 25.2 Å². The van der Waals surface area contributed by atoms with Gasteiger partial charge in [0.15, 0.2) is 0 Å². The van der Waals surface area contributed by atoms with E-state index in [1.807, 2.05) is 0 Å². The zero-order valence-corrected chi connectivity index (χ0v) is 7.74. The normalized spacial score (nSPS) is 10.4. The maximum atomic E-state index is 4.02. The lowest BCUT2D eigenvalue weighted by Crippen LogP contribution is -2.11. The molecule has 0 aliphatic heterocycles. The first-order valence-electron chi connectivity index (χ1n) is 3.89. The molecule has 1 rings (SSSR count). The van der Waals surface area contributed by atoms with E-state index in [-0.39, 0.29) is 0 Å². The Labute approximate surface area is 71.0 Å². The summed E-state index contributed by atoms with van der Waals surface area (Å²) in [5.74, 6) is 0. The molecule has 0 saturated heterocycles. The van der Waals surface area contributed by atoms with Crippen LogP contribution in [0.25, 0.3) is 0 Å². The number of aryl methyl sites for hydroxylation is 1. The SMILES string of the molecule is CCNCc1snnc1CC. The Kier molecular flexibility index (Phi) is 3.45. The van der Waals surface area contributed by atoms with Crippen LogP contribution >= 0.6 is 11.5 Å². The van der Waals surface area contributed by atoms with Gasteiger partial charge in [-0.05, 0) is 24.5 Å². The third-order valence-electron chi connectivity index (χ3n) is 1.50. The van der Waals surface area contributed by atoms with Gasteiger partial charge in [-0.25, -0.2) is 0 Å². The lowest BCUT2D eigenvalue weighted by Gasteiger charge is -1.97. The fourth-order valence-electron chi connectivity index (χ4n) is 0.868. The van der Waals surface area contributed by atoms with Crippen LogP contribution in [-0.2, 0) is 13.0 Å². The zero-order valence-electron chi connectivity index (χ0n) is 6.92. The predicted molar refractivity (Wildman–Crippen MR) is 46.7 cm³/mol. The highest BCUT2D eigenvalue weighted by Crippen LogP contribution is 2.09. The maximum absolute atomic E-state index is 4.02. The minimum absolute atomic E-state index is 0.914. The summed E-state index contributed by atoms with van der Waals surface area (Å²) in [4.78, 5) is 1.27. The van der Waals surface area contributed by atoms with Crippen LogP contribution in [0.3, 0.4) is 0 Å². The van der Waals surface area contributed by atoms with Crippen molar-refractivity contribution in [2.75, 3.05) is 6.54 Å². The van der Waals surface area contributed by atoms with Gasteiger partial charge in [-0.15, -0.1) is 5.10 Å². The highest BCUT2D eigenvalue weighted by Gasteiger charge is 2.03. The number of rotatable bonds is 4. The molecule has 0 aliphatic carbocycles. The number of nitrogens with zero attached hydrogens (tertiary/aromatic N) is 2. The lowest BCUT2D eigenvalue weighted by molar-refractivity contribution is 0.727. The van der Waals surface area contributed by atoms with Crippen molar-refractivity contribution in [2.24, 2.45) is 0 Å². The minimum atomic E-state index is 0.914. The number of aromatic nitrogens is 2. The van der Waals surface area contributed by atoms with Gasteiger partial charge < -0.3 is 5.32 Å². The molecule has 0 radical (unpaired) electrons. The summed E-state index contributed by atoms with van der Waals surface area (Å²) in [5, 5.41) is 7.27. The van der Waals surface area contributed by atoms with Crippen molar-refractivity contribution in [3.05, 3.63) is 10.6 Å². The standard InChI is InChI=1S/C7H13N3S/c1-3-6-7(5-8-4-2)11-10-9-6/h8H,3-5H2,1-2H3. The fraction of sp³-hybridized carbons (Fsp3) is 0.714. The molecule has 0 aromatic carbocycles. The number of hydrogen-bond donors (Lipinski definition) is 1. The van der Waals surface area contributed by atoms with Gasteiger partial charge in [0.1, 0.15) is 0 Å². The van der Waals surface area contributed by atoms with Crippen LogP contribution in [0.5, 0.6) is 0 Å². The highest BCUT2D eigenvalue weighted by atomic mass is 32.1. The molecule has 0 unspecified atom stereocenters. The van der Waals surface area contributed by atoms with E-state index in [1.54, 1.807) is 0 Å². The summed E-state index contributed by atoms with van der Waals surface area (Å²) in [6.07, 6.45) is 0.983. The summed E-state index contributed by atoms with van der Waals surface area (Å²) in [7, 11) is 0. The number of hydrogen-bond acceptors (Lipinski definition) is 4. The van der Waals surface area contributed by atoms with Gasteiger partial charge in [0.2, 0.25) is 0 Å². The molecule has 3 nitrogen and oxygen atoms in total. The first kappa shape index (κ1) is 8.62. The van der Waals surface area contributed by atoms with Gasteiger partial charge in [0.25, 0.3) is 0 Å². The Morgan fingerprint density at radius 2 is 2.27 bits per heavy atom. The molecular weight excluding hydrogens is 158 g/mol. The van der Waals surface area contributed by atoms with Crippen molar-refractivity contribution in [1.29, 1.82) is 0 Å². The van der Waals surface area contributed by atoms with E-state index in [1.165, 1.54) is 16.4 Å². The van der Waals surface area contributed by atoms with Crippen LogP contribution in [-0.4, -0.2) is 16.1 Å². The molecule has 0 fully saturated rings. The summed E-state index contributed by atoms with van der Waals surface area (Å²) in [5.41, 5.74) is 1.14. The van der Waals surface area contributed by atoms with Crippen LogP contribution in [0.2, 0.25) is 0 Å². The Balaban J connectivity index is 2.54. The highest BCUT2D eigenvalue weighted by molar-refractivity contribution is 7.05. The van der Waals surface area contributed by atoms with Crippen LogP contribution in [0.1, 0.15) is 24.4 Å². The van der Waals surface area contributed by atoms with E-state index >= 15 is 0 Å². The van der Waals surface area contributed by atoms with Crippen molar-refractivity contribution in [3.63, 3.8) is 0 Å². The van der Waals surface area contributed by atoms with E-state index < -0.39 is 0 Å². The van der Waals surface area contributed by atoms with Gasteiger partial charge in [-0.1, -0.05) is 18.3 Å². The molecule has 0 atom stereocenters. The molecule has 4 heteroatoms. The Morgan fingerprint density at radius 3 is 2.91 bits per heavy atom. The van der Waals surface area contributed by atoms with Crippen LogP contribution in [0.15, 0.2) is 0 Å². The van der Waals surface area contributed by atoms with E-state index in [4.69, 9.17) is 0 Å². The molecule has 1 N–H and O–H groups in total. The molecule has 0 amide bonds. The van der Waals surface area contributed by atoms with Gasteiger partial charge in [0.05, 0.1) is 10.6 Å². The Morgan fingerprint density at radius 1 is 1.45 bits per heavy atom. The minimum Gasteiger partial charge on any atom is -0.312 e. The quantitative estimate of drug-likeness (QED) is 0.740. The van der Waals surface area contributed by atoms with Gasteiger partial charge in [0, 0.05) is 6.54 Å². The molecule has 62 valence electrons. The van der Waals surface area contributed by atoms with Crippen molar-refractivity contribution in [3.8, 4) is 0 Å².